The molecule has 8 nitrogen and oxygen atoms in total. The number of carbonyl (C=O) groups is 2. The number of aliphatic hydroxyl groups excluding tert-OH is 1. The van der Waals surface area contributed by atoms with Crippen molar-refractivity contribution in [1.82, 2.24) is 10.6 Å². The average molecular weight is 502 g/mol. The van der Waals surface area contributed by atoms with E-state index in [1.807, 2.05) is 13.0 Å². The fourth-order valence-corrected chi connectivity index (χ4v) is 3.44. The molecule has 0 spiro atoms. The third-order valence-electron chi connectivity index (χ3n) is 5.53. The number of amides is 2. The summed E-state index contributed by atoms with van der Waals surface area (Å²) in [6, 6.07) is 6.66. The zero-order chi connectivity index (χ0) is 24.6. The third kappa shape index (κ3) is 12.6. The lowest BCUT2D eigenvalue weighted by Crippen LogP contribution is -2.41. The molecular weight excluding hydrogens is 458 g/mol. The minimum atomic E-state index is -0.781. The van der Waals surface area contributed by atoms with Crippen molar-refractivity contribution in [1.29, 1.82) is 0 Å². The van der Waals surface area contributed by atoms with E-state index >= 15 is 0 Å². The molecule has 0 aliphatic rings. The topological polar surface area (TPSA) is 123 Å². The largest absolute Gasteiger partial charge is 0.493 e. The Kier molecular flexibility index (Phi) is 17.4. The summed E-state index contributed by atoms with van der Waals surface area (Å²) in [6.07, 6.45) is 2.75. The van der Waals surface area contributed by atoms with E-state index in [1.165, 1.54) is 0 Å². The second-order valence-corrected chi connectivity index (χ2v) is 8.75. The highest BCUT2D eigenvalue weighted by Gasteiger charge is 2.23. The van der Waals surface area contributed by atoms with Gasteiger partial charge in [-0.2, -0.15) is 0 Å². The SMILES string of the molecule is CCCCNC(=O)[C@H](C)C[C@H](O)[C@@H](N)C[C@@H](C)CNC(=O)c1ccccc1OCCCOC.Cl. The van der Waals surface area contributed by atoms with Gasteiger partial charge in [-0.15, -0.1) is 12.4 Å². The molecule has 1 aromatic rings. The number of nitrogens with two attached hydrogens (primary N) is 1. The summed E-state index contributed by atoms with van der Waals surface area (Å²) in [4.78, 5) is 24.8. The lowest BCUT2D eigenvalue weighted by Gasteiger charge is -2.24. The Morgan fingerprint density at radius 3 is 2.47 bits per heavy atom. The summed E-state index contributed by atoms with van der Waals surface area (Å²) >= 11 is 0. The van der Waals surface area contributed by atoms with E-state index in [1.54, 1.807) is 32.2 Å². The first-order chi connectivity index (χ1) is 15.8. The molecule has 1 aromatic carbocycles. The van der Waals surface area contributed by atoms with Crippen LogP contribution in [0.2, 0.25) is 0 Å². The zero-order valence-corrected chi connectivity index (χ0v) is 21.9. The van der Waals surface area contributed by atoms with Crippen LogP contribution in [0.5, 0.6) is 5.75 Å². The van der Waals surface area contributed by atoms with Gasteiger partial charge in [0.25, 0.3) is 5.91 Å². The number of hydrogen-bond acceptors (Lipinski definition) is 6. The Morgan fingerprint density at radius 2 is 1.79 bits per heavy atom. The van der Waals surface area contributed by atoms with Gasteiger partial charge in [0.15, 0.2) is 0 Å². The van der Waals surface area contributed by atoms with Crippen molar-refractivity contribution in [3.63, 3.8) is 0 Å². The number of halogens is 1. The van der Waals surface area contributed by atoms with Crippen LogP contribution < -0.4 is 21.1 Å². The van der Waals surface area contributed by atoms with Crippen molar-refractivity contribution < 1.29 is 24.2 Å². The number of aliphatic hydroxyl groups is 1. The first-order valence-electron chi connectivity index (χ1n) is 12.0. The van der Waals surface area contributed by atoms with Crippen LogP contribution in [-0.4, -0.2) is 62.5 Å². The molecule has 0 radical (unpaired) electrons. The molecule has 5 N–H and O–H groups in total. The van der Waals surface area contributed by atoms with Crippen LogP contribution in [-0.2, 0) is 9.53 Å². The van der Waals surface area contributed by atoms with E-state index in [-0.39, 0.29) is 36.1 Å². The molecule has 4 atom stereocenters. The third-order valence-corrected chi connectivity index (χ3v) is 5.53. The fraction of sp³-hybridized carbons (Fsp3) is 0.680. The first kappa shape index (κ1) is 32.1. The molecule has 0 fully saturated rings. The molecule has 0 aromatic heterocycles. The summed E-state index contributed by atoms with van der Waals surface area (Å²) in [5.74, 6) is 0.0197. The van der Waals surface area contributed by atoms with E-state index < -0.39 is 12.1 Å². The number of nitrogens with one attached hydrogen (secondary N) is 2. The van der Waals surface area contributed by atoms with Gasteiger partial charge in [-0.05, 0) is 37.3 Å². The van der Waals surface area contributed by atoms with Crippen LogP contribution in [0.25, 0.3) is 0 Å². The summed E-state index contributed by atoms with van der Waals surface area (Å²) in [5.41, 5.74) is 6.67. The van der Waals surface area contributed by atoms with Crippen molar-refractivity contribution in [3.05, 3.63) is 29.8 Å². The van der Waals surface area contributed by atoms with Crippen LogP contribution >= 0.6 is 12.4 Å². The van der Waals surface area contributed by atoms with Crippen LogP contribution in [0, 0.1) is 11.8 Å². The highest BCUT2D eigenvalue weighted by molar-refractivity contribution is 5.96. The minimum Gasteiger partial charge on any atom is -0.493 e. The maximum absolute atomic E-state index is 12.7. The molecule has 196 valence electrons. The Hall–Kier alpha value is -1.87. The fourth-order valence-electron chi connectivity index (χ4n) is 3.44. The summed E-state index contributed by atoms with van der Waals surface area (Å²) in [6.45, 7) is 7.98. The van der Waals surface area contributed by atoms with Crippen molar-refractivity contribution in [2.45, 2.75) is 65.0 Å². The number of hydrogen-bond donors (Lipinski definition) is 4. The number of unbranched alkanes of at least 4 members (excludes halogenated alkanes) is 1. The maximum Gasteiger partial charge on any atom is 0.255 e. The van der Waals surface area contributed by atoms with Crippen molar-refractivity contribution in [2.24, 2.45) is 17.6 Å². The van der Waals surface area contributed by atoms with E-state index in [0.29, 0.717) is 50.5 Å². The van der Waals surface area contributed by atoms with E-state index in [0.717, 1.165) is 19.3 Å². The second kappa shape index (κ2) is 18.5. The molecular formula is C25H44ClN3O5. The molecule has 0 saturated heterocycles. The van der Waals surface area contributed by atoms with Crippen LogP contribution in [0.15, 0.2) is 24.3 Å². The van der Waals surface area contributed by atoms with Gasteiger partial charge in [0.05, 0.1) is 18.3 Å². The molecule has 1 rings (SSSR count). The van der Waals surface area contributed by atoms with Gasteiger partial charge in [0, 0.05) is 45.2 Å². The Morgan fingerprint density at radius 1 is 1.09 bits per heavy atom. The van der Waals surface area contributed by atoms with Crippen LogP contribution in [0.4, 0.5) is 0 Å². The second-order valence-electron chi connectivity index (χ2n) is 8.75. The van der Waals surface area contributed by atoms with E-state index in [2.05, 4.69) is 17.6 Å². The predicted octanol–water partition coefficient (Wildman–Crippen LogP) is 2.91. The number of ether oxygens (including phenoxy) is 2. The molecule has 0 bridgehead atoms. The van der Waals surface area contributed by atoms with Gasteiger partial charge in [-0.1, -0.05) is 39.3 Å². The van der Waals surface area contributed by atoms with Gasteiger partial charge in [0.1, 0.15) is 5.75 Å². The van der Waals surface area contributed by atoms with Gasteiger partial charge in [-0.25, -0.2) is 0 Å². The highest BCUT2D eigenvalue weighted by atomic mass is 35.5. The maximum atomic E-state index is 12.7. The molecule has 0 aliphatic carbocycles. The Bertz CT molecular complexity index is 707. The molecule has 0 heterocycles. The Labute approximate surface area is 210 Å². The van der Waals surface area contributed by atoms with Gasteiger partial charge in [-0.3, -0.25) is 9.59 Å². The summed E-state index contributed by atoms with van der Waals surface area (Å²) < 4.78 is 10.7. The molecule has 2 amide bonds. The van der Waals surface area contributed by atoms with Crippen molar-refractivity contribution in [2.75, 3.05) is 33.4 Å². The van der Waals surface area contributed by atoms with Crippen LogP contribution in [0.3, 0.4) is 0 Å². The Balaban J connectivity index is 0.0000109. The number of methoxy groups -OCH3 is 1. The van der Waals surface area contributed by atoms with E-state index in [4.69, 9.17) is 15.2 Å². The average Bonchev–Trinajstić information content (AvgIpc) is 2.80. The standard InChI is InChI=1S/C25H43N3O5.ClH/c1-5-6-12-27-24(30)19(3)16-22(29)21(26)15-18(2)17-28-25(31)20-10-7-8-11-23(20)33-14-9-13-32-4;/h7-8,10-11,18-19,21-22,29H,5-6,9,12-17,26H2,1-4H3,(H,27,30)(H,28,31);1H/t18-,19-,21+,22+;/m1./s1. The molecule has 34 heavy (non-hydrogen) atoms. The quantitative estimate of drug-likeness (QED) is 0.243. The number of rotatable bonds is 17. The molecule has 0 saturated carbocycles. The lowest BCUT2D eigenvalue weighted by atomic mass is 9.92. The molecule has 0 unspecified atom stereocenters. The summed E-state index contributed by atoms with van der Waals surface area (Å²) in [7, 11) is 1.64. The van der Waals surface area contributed by atoms with Crippen LogP contribution in [0.1, 0.15) is 63.2 Å². The van der Waals surface area contributed by atoms with Gasteiger partial charge >= 0.3 is 0 Å². The normalized spacial score (nSPS) is 14.3. The minimum absolute atomic E-state index is 0. The number of benzene rings is 1. The van der Waals surface area contributed by atoms with Gasteiger partial charge < -0.3 is 30.9 Å². The molecule has 9 heteroatoms. The smallest absolute Gasteiger partial charge is 0.255 e. The predicted molar refractivity (Wildman–Crippen MR) is 137 cm³/mol. The molecule has 0 aliphatic heterocycles. The van der Waals surface area contributed by atoms with E-state index in [9.17, 15) is 14.7 Å². The van der Waals surface area contributed by atoms with Gasteiger partial charge in [0.2, 0.25) is 5.91 Å². The lowest BCUT2D eigenvalue weighted by molar-refractivity contribution is -0.125. The zero-order valence-electron chi connectivity index (χ0n) is 21.0. The monoisotopic (exact) mass is 501 g/mol. The first-order valence-corrected chi connectivity index (χ1v) is 12.0. The number of carbonyl (C=O) groups excluding carboxylic acids is 2. The summed E-state index contributed by atoms with van der Waals surface area (Å²) in [5, 5.41) is 16.3. The highest BCUT2D eigenvalue weighted by Crippen LogP contribution is 2.19. The van der Waals surface area contributed by atoms with Crippen molar-refractivity contribution in [3.8, 4) is 5.75 Å². The number of para-hydroxylation sites is 1. The van der Waals surface area contributed by atoms with Crippen molar-refractivity contribution >= 4 is 24.2 Å².